The molecule has 118 valence electrons. The Morgan fingerprint density at radius 2 is 2.10 bits per heavy atom. The van der Waals surface area contributed by atoms with Gasteiger partial charge in [-0.2, -0.15) is 4.31 Å². The summed E-state index contributed by atoms with van der Waals surface area (Å²) in [6, 6.07) is 0. The number of aromatic nitrogens is 3. The lowest BCUT2D eigenvalue weighted by Gasteiger charge is -2.47. The fraction of sp³-hybridized carbons (Fsp3) is 0.833. The normalized spacial score (nSPS) is 30.0. The van der Waals surface area contributed by atoms with E-state index in [0.717, 1.165) is 0 Å². The van der Waals surface area contributed by atoms with Crippen LogP contribution in [0.15, 0.2) is 11.2 Å². The van der Waals surface area contributed by atoms with Crippen LogP contribution in [-0.2, 0) is 26.5 Å². The molecule has 3 heterocycles. The predicted molar refractivity (Wildman–Crippen MR) is 73.1 cm³/mol. The van der Waals surface area contributed by atoms with E-state index in [9.17, 15) is 8.42 Å². The van der Waals surface area contributed by atoms with Crippen molar-refractivity contribution in [1.82, 2.24) is 19.3 Å². The molecule has 1 atom stereocenters. The third kappa shape index (κ3) is 2.59. The van der Waals surface area contributed by atoms with Crippen LogP contribution in [0.2, 0.25) is 0 Å². The van der Waals surface area contributed by atoms with Crippen LogP contribution in [0.4, 0.5) is 0 Å². The molecule has 0 N–H and O–H groups in total. The van der Waals surface area contributed by atoms with Gasteiger partial charge in [0.2, 0.25) is 0 Å². The molecule has 21 heavy (non-hydrogen) atoms. The van der Waals surface area contributed by atoms with Crippen molar-refractivity contribution in [2.45, 2.75) is 36.5 Å². The molecule has 2 fully saturated rings. The lowest BCUT2D eigenvalue weighted by molar-refractivity contribution is -0.180. The molecule has 1 aromatic rings. The van der Waals surface area contributed by atoms with E-state index in [2.05, 4.69) is 10.3 Å². The van der Waals surface area contributed by atoms with E-state index in [4.69, 9.17) is 9.47 Å². The van der Waals surface area contributed by atoms with Crippen LogP contribution in [0.5, 0.6) is 0 Å². The van der Waals surface area contributed by atoms with E-state index in [0.29, 0.717) is 32.7 Å². The summed E-state index contributed by atoms with van der Waals surface area (Å²) in [5, 5.41) is 7.46. The van der Waals surface area contributed by atoms with Crippen LogP contribution in [0.25, 0.3) is 0 Å². The maximum absolute atomic E-state index is 12.8. The zero-order valence-electron chi connectivity index (χ0n) is 12.4. The minimum atomic E-state index is -3.65. The van der Waals surface area contributed by atoms with E-state index in [1.54, 1.807) is 7.05 Å². The Morgan fingerprint density at radius 3 is 2.67 bits per heavy atom. The highest BCUT2D eigenvalue weighted by molar-refractivity contribution is 7.89. The van der Waals surface area contributed by atoms with Gasteiger partial charge in [-0.25, -0.2) is 13.1 Å². The van der Waals surface area contributed by atoms with Gasteiger partial charge in [0, 0.05) is 33.2 Å². The van der Waals surface area contributed by atoms with E-state index in [1.807, 2.05) is 13.8 Å². The minimum absolute atomic E-state index is 0.0919. The van der Waals surface area contributed by atoms with Crippen molar-refractivity contribution >= 4 is 10.0 Å². The fourth-order valence-corrected chi connectivity index (χ4v) is 4.76. The second-order valence-corrected chi connectivity index (χ2v) is 8.20. The van der Waals surface area contributed by atoms with Crippen LogP contribution < -0.4 is 0 Å². The highest BCUT2D eigenvalue weighted by atomic mass is 32.2. The number of morpholine rings is 1. The van der Waals surface area contributed by atoms with Crippen molar-refractivity contribution in [2.75, 3.05) is 26.3 Å². The largest absolute Gasteiger partial charge is 0.378 e. The molecule has 2 saturated heterocycles. The van der Waals surface area contributed by atoms with Gasteiger partial charge in [-0.05, 0) is 13.8 Å². The fourth-order valence-electron chi connectivity index (χ4n) is 3.06. The summed E-state index contributed by atoms with van der Waals surface area (Å²) in [6.45, 7) is 5.40. The first-order valence-corrected chi connectivity index (χ1v) is 8.31. The van der Waals surface area contributed by atoms with Crippen LogP contribution in [0, 0.1) is 0 Å². The van der Waals surface area contributed by atoms with E-state index >= 15 is 0 Å². The van der Waals surface area contributed by atoms with Crippen molar-refractivity contribution in [3.8, 4) is 0 Å². The molecule has 3 rings (SSSR count). The Bertz CT molecular complexity index is 633. The Morgan fingerprint density at radius 1 is 1.33 bits per heavy atom. The van der Waals surface area contributed by atoms with E-state index in [1.165, 1.54) is 15.2 Å². The third-order valence-corrected chi connectivity index (χ3v) is 5.69. The van der Waals surface area contributed by atoms with Crippen LogP contribution >= 0.6 is 0 Å². The number of hydrogen-bond donors (Lipinski definition) is 0. The van der Waals surface area contributed by atoms with Crippen molar-refractivity contribution in [1.29, 1.82) is 0 Å². The standard InChI is InChI=1S/C12H20N4O4S/c1-11(2)7-16(8-12(20-11)4-5-19-9-12)21(17,18)10-6-13-14-15(10)3/h6H,4-5,7-9H2,1-3H3. The smallest absolute Gasteiger partial charge is 0.262 e. The highest BCUT2D eigenvalue weighted by Crippen LogP contribution is 2.36. The molecular formula is C12H20N4O4S. The summed E-state index contributed by atoms with van der Waals surface area (Å²) in [7, 11) is -2.08. The zero-order valence-corrected chi connectivity index (χ0v) is 13.3. The van der Waals surface area contributed by atoms with Gasteiger partial charge in [-0.1, -0.05) is 5.21 Å². The molecule has 0 bridgehead atoms. The molecule has 1 aromatic heterocycles. The molecule has 0 aromatic carbocycles. The zero-order chi connectivity index (χ0) is 15.3. The second-order valence-electron chi connectivity index (χ2n) is 6.32. The average Bonchev–Trinajstić information content (AvgIpc) is 2.97. The quantitative estimate of drug-likeness (QED) is 0.749. The van der Waals surface area contributed by atoms with Gasteiger partial charge in [0.25, 0.3) is 10.0 Å². The molecule has 2 aliphatic rings. The molecule has 0 amide bonds. The molecule has 0 radical (unpaired) electrons. The molecule has 2 aliphatic heterocycles. The molecule has 1 unspecified atom stereocenters. The van der Waals surface area contributed by atoms with Gasteiger partial charge in [-0.15, -0.1) is 5.10 Å². The number of aryl methyl sites for hydroxylation is 1. The number of sulfonamides is 1. The van der Waals surface area contributed by atoms with Crippen LogP contribution in [-0.4, -0.2) is 65.2 Å². The Kier molecular flexibility index (Phi) is 3.36. The molecule has 1 spiro atoms. The van der Waals surface area contributed by atoms with Gasteiger partial charge < -0.3 is 9.47 Å². The monoisotopic (exact) mass is 316 g/mol. The van der Waals surface area contributed by atoms with E-state index in [-0.39, 0.29) is 5.03 Å². The molecular weight excluding hydrogens is 296 g/mol. The first-order valence-electron chi connectivity index (χ1n) is 6.87. The Labute approximate surface area is 124 Å². The van der Waals surface area contributed by atoms with Gasteiger partial charge in [0.15, 0.2) is 5.03 Å². The topological polar surface area (TPSA) is 86.5 Å². The predicted octanol–water partition coefficient (Wildman–Crippen LogP) is -0.226. The summed E-state index contributed by atoms with van der Waals surface area (Å²) >= 11 is 0. The van der Waals surface area contributed by atoms with Gasteiger partial charge in [0.1, 0.15) is 5.60 Å². The number of nitrogens with zero attached hydrogens (tertiary/aromatic N) is 4. The molecule has 9 heteroatoms. The lowest BCUT2D eigenvalue weighted by atomic mass is 9.97. The molecule has 8 nitrogen and oxygen atoms in total. The number of hydrogen-bond acceptors (Lipinski definition) is 6. The lowest BCUT2D eigenvalue weighted by Crippen LogP contribution is -2.61. The Balaban J connectivity index is 1.96. The maximum atomic E-state index is 12.8. The summed E-state index contributed by atoms with van der Waals surface area (Å²) in [4.78, 5) is 0. The Hall–Kier alpha value is -1.03. The first kappa shape index (κ1) is 14.9. The van der Waals surface area contributed by atoms with E-state index < -0.39 is 21.2 Å². The van der Waals surface area contributed by atoms with Gasteiger partial charge >= 0.3 is 0 Å². The average molecular weight is 316 g/mol. The first-order chi connectivity index (χ1) is 9.74. The van der Waals surface area contributed by atoms with Crippen LogP contribution in [0.3, 0.4) is 0 Å². The minimum Gasteiger partial charge on any atom is -0.378 e. The summed E-state index contributed by atoms with van der Waals surface area (Å²) in [5.74, 6) is 0. The SMILES string of the molecule is Cn1nncc1S(=O)(=O)N1CC(C)(C)OC2(CCOC2)C1. The van der Waals surface area contributed by atoms with Gasteiger partial charge in [-0.3, -0.25) is 0 Å². The summed E-state index contributed by atoms with van der Waals surface area (Å²) < 4.78 is 39.9. The van der Waals surface area contributed by atoms with Crippen molar-refractivity contribution in [3.05, 3.63) is 6.20 Å². The maximum Gasteiger partial charge on any atom is 0.262 e. The van der Waals surface area contributed by atoms with Crippen molar-refractivity contribution < 1.29 is 17.9 Å². The summed E-state index contributed by atoms with van der Waals surface area (Å²) in [5.41, 5.74) is -1.12. The second kappa shape index (κ2) is 4.73. The van der Waals surface area contributed by atoms with Crippen molar-refractivity contribution in [3.63, 3.8) is 0 Å². The number of ether oxygens (including phenoxy) is 2. The van der Waals surface area contributed by atoms with Crippen LogP contribution in [0.1, 0.15) is 20.3 Å². The summed E-state index contributed by atoms with van der Waals surface area (Å²) in [6.07, 6.45) is 1.97. The number of rotatable bonds is 2. The molecule has 0 aliphatic carbocycles. The van der Waals surface area contributed by atoms with Crippen molar-refractivity contribution in [2.24, 2.45) is 7.05 Å². The van der Waals surface area contributed by atoms with Gasteiger partial charge in [0.05, 0.1) is 18.4 Å². The third-order valence-electron chi connectivity index (χ3n) is 3.86. The molecule has 0 saturated carbocycles. The highest BCUT2D eigenvalue weighted by Gasteiger charge is 2.50.